The molecule has 0 fully saturated rings. The van der Waals surface area contributed by atoms with Crippen LogP contribution in [0.5, 0.6) is 11.5 Å². The summed E-state index contributed by atoms with van der Waals surface area (Å²) in [6, 6.07) is 3.01. The SMILES string of the molecule is C=Cc1cc(OC)c(OC)c([N+](=O)[O-])c1. The van der Waals surface area contributed by atoms with Gasteiger partial charge < -0.3 is 9.47 Å². The predicted octanol–water partition coefficient (Wildman–Crippen LogP) is 2.25. The monoisotopic (exact) mass is 209 g/mol. The Bertz CT molecular complexity index is 401. The van der Waals surface area contributed by atoms with Gasteiger partial charge in [0.1, 0.15) is 0 Å². The Hall–Kier alpha value is -2.04. The van der Waals surface area contributed by atoms with Crippen LogP contribution in [0.15, 0.2) is 18.7 Å². The second-order valence-electron chi connectivity index (χ2n) is 2.74. The van der Waals surface area contributed by atoms with Crippen molar-refractivity contribution in [2.75, 3.05) is 14.2 Å². The standard InChI is InChI=1S/C10H11NO4/c1-4-7-5-8(11(12)13)10(15-3)9(6-7)14-2/h4-6H,1H2,2-3H3. The third-order valence-corrected chi connectivity index (χ3v) is 1.91. The van der Waals surface area contributed by atoms with Gasteiger partial charge in [0.15, 0.2) is 5.75 Å². The molecule has 0 aliphatic carbocycles. The van der Waals surface area contributed by atoms with Crippen molar-refractivity contribution < 1.29 is 14.4 Å². The van der Waals surface area contributed by atoms with E-state index in [0.29, 0.717) is 11.3 Å². The zero-order chi connectivity index (χ0) is 11.4. The molecule has 0 aromatic heterocycles. The average Bonchev–Trinajstić information content (AvgIpc) is 2.26. The number of nitro benzene ring substituents is 1. The van der Waals surface area contributed by atoms with Crippen LogP contribution in [-0.2, 0) is 0 Å². The number of nitro groups is 1. The molecule has 0 saturated carbocycles. The highest BCUT2D eigenvalue weighted by molar-refractivity contribution is 5.64. The van der Waals surface area contributed by atoms with Crippen molar-refractivity contribution in [1.82, 2.24) is 0 Å². The molecule has 0 bridgehead atoms. The summed E-state index contributed by atoms with van der Waals surface area (Å²) in [7, 11) is 2.78. The minimum absolute atomic E-state index is 0.119. The first kappa shape index (κ1) is 11.0. The molecule has 0 saturated heterocycles. The van der Waals surface area contributed by atoms with Gasteiger partial charge in [-0.25, -0.2) is 0 Å². The molecule has 0 atom stereocenters. The van der Waals surface area contributed by atoms with E-state index in [0.717, 1.165) is 0 Å². The molecule has 1 rings (SSSR count). The minimum Gasteiger partial charge on any atom is -0.493 e. The van der Waals surface area contributed by atoms with Gasteiger partial charge in [0.2, 0.25) is 5.75 Å². The summed E-state index contributed by atoms with van der Waals surface area (Å²) >= 11 is 0. The van der Waals surface area contributed by atoms with Gasteiger partial charge in [0, 0.05) is 6.07 Å². The Labute approximate surface area is 87.1 Å². The molecule has 0 aliphatic rings. The number of nitrogens with zero attached hydrogens (tertiary/aromatic N) is 1. The maximum atomic E-state index is 10.8. The molecule has 0 N–H and O–H groups in total. The third kappa shape index (κ3) is 2.07. The first-order valence-electron chi connectivity index (χ1n) is 4.17. The quantitative estimate of drug-likeness (QED) is 0.563. The zero-order valence-electron chi connectivity index (χ0n) is 8.52. The van der Waals surface area contributed by atoms with Crippen LogP contribution in [0.25, 0.3) is 6.08 Å². The van der Waals surface area contributed by atoms with Gasteiger partial charge in [-0.05, 0) is 11.6 Å². The smallest absolute Gasteiger partial charge is 0.315 e. The molecular weight excluding hydrogens is 198 g/mol. The molecule has 0 unspecified atom stereocenters. The van der Waals surface area contributed by atoms with Crippen molar-refractivity contribution in [2.24, 2.45) is 0 Å². The van der Waals surface area contributed by atoms with Gasteiger partial charge in [0.05, 0.1) is 19.1 Å². The van der Waals surface area contributed by atoms with E-state index in [1.807, 2.05) is 0 Å². The first-order chi connectivity index (χ1) is 7.13. The Morgan fingerprint density at radius 2 is 2.07 bits per heavy atom. The fraction of sp³-hybridized carbons (Fsp3) is 0.200. The fourth-order valence-electron chi connectivity index (χ4n) is 1.22. The van der Waals surface area contributed by atoms with Crippen LogP contribution >= 0.6 is 0 Å². The van der Waals surface area contributed by atoms with Crippen LogP contribution in [0, 0.1) is 10.1 Å². The van der Waals surface area contributed by atoms with E-state index in [1.165, 1.54) is 26.4 Å². The molecule has 0 aliphatic heterocycles. The van der Waals surface area contributed by atoms with Gasteiger partial charge in [-0.2, -0.15) is 0 Å². The van der Waals surface area contributed by atoms with Crippen molar-refractivity contribution in [3.05, 3.63) is 34.4 Å². The second-order valence-corrected chi connectivity index (χ2v) is 2.74. The Balaban J connectivity index is 3.45. The van der Waals surface area contributed by atoms with Gasteiger partial charge >= 0.3 is 5.69 Å². The highest BCUT2D eigenvalue weighted by atomic mass is 16.6. The van der Waals surface area contributed by atoms with Crippen molar-refractivity contribution in [3.8, 4) is 11.5 Å². The van der Waals surface area contributed by atoms with Gasteiger partial charge in [-0.3, -0.25) is 10.1 Å². The van der Waals surface area contributed by atoms with Crippen molar-refractivity contribution in [3.63, 3.8) is 0 Å². The lowest BCUT2D eigenvalue weighted by Crippen LogP contribution is -1.97. The summed E-state index contributed by atoms with van der Waals surface area (Å²) in [6.45, 7) is 3.54. The number of hydrogen-bond donors (Lipinski definition) is 0. The van der Waals surface area contributed by atoms with Crippen LogP contribution in [0.3, 0.4) is 0 Å². The topological polar surface area (TPSA) is 61.6 Å². The second kappa shape index (κ2) is 4.45. The number of hydrogen-bond acceptors (Lipinski definition) is 4. The maximum Gasteiger partial charge on any atom is 0.315 e. The summed E-state index contributed by atoms with van der Waals surface area (Å²) in [4.78, 5) is 10.2. The summed E-state index contributed by atoms with van der Waals surface area (Å²) in [5, 5.41) is 10.8. The maximum absolute atomic E-state index is 10.8. The summed E-state index contributed by atoms with van der Waals surface area (Å²) in [5.41, 5.74) is 0.478. The van der Waals surface area contributed by atoms with Gasteiger partial charge in [-0.15, -0.1) is 0 Å². The fourth-order valence-corrected chi connectivity index (χ4v) is 1.22. The van der Waals surface area contributed by atoms with Crippen molar-refractivity contribution in [2.45, 2.75) is 0 Å². The van der Waals surface area contributed by atoms with E-state index < -0.39 is 4.92 Å². The normalized spacial score (nSPS) is 9.47. The van der Waals surface area contributed by atoms with Crippen LogP contribution < -0.4 is 9.47 Å². The minimum atomic E-state index is -0.519. The molecule has 1 aromatic carbocycles. The summed E-state index contributed by atoms with van der Waals surface area (Å²) in [5.74, 6) is 0.440. The molecule has 0 amide bonds. The van der Waals surface area contributed by atoms with Crippen LogP contribution in [0.2, 0.25) is 0 Å². The number of benzene rings is 1. The van der Waals surface area contributed by atoms with E-state index in [1.54, 1.807) is 6.07 Å². The number of methoxy groups -OCH3 is 2. The average molecular weight is 209 g/mol. The molecule has 15 heavy (non-hydrogen) atoms. The zero-order valence-corrected chi connectivity index (χ0v) is 8.52. The summed E-state index contributed by atoms with van der Waals surface area (Å²) < 4.78 is 9.92. The van der Waals surface area contributed by atoms with Crippen molar-refractivity contribution in [1.29, 1.82) is 0 Å². The predicted molar refractivity (Wildman–Crippen MR) is 56.3 cm³/mol. The molecule has 80 valence electrons. The first-order valence-corrected chi connectivity index (χ1v) is 4.17. The van der Waals surface area contributed by atoms with E-state index in [-0.39, 0.29) is 11.4 Å². The van der Waals surface area contributed by atoms with Crippen LogP contribution in [0.1, 0.15) is 5.56 Å². The van der Waals surface area contributed by atoms with Crippen LogP contribution in [0.4, 0.5) is 5.69 Å². The van der Waals surface area contributed by atoms with E-state index in [4.69, 9.17) is 9.47 Å². The number of rotatable bonds is 4. The highest BCUT2D eigenvalue weighted by Crippen LogP contribution is 2.38. The molecular formula is C10H11NO4. The Morgan fingerprint density at radius 1 is 1.40 bits per heavy atom. The van der Waals surface area contributed by atoms with Crippen LogP contribution in [-0.4, -0.2) is 19.1 Å². The molecule has 5 heteroatoms. The lowest BCUT2D eigenvalue weighted by atomic mass is 10.1. The van der Waals surface area contributed by atoms with E-state index in [2.05, 4.69) is 6.58 Å². The highest BCUT2D eigenvalue weighted by Gasteiger charge is 2.20. The Kier molecular flexibility index (Phi) is 3.28. The van der Waals surface area contributed by atoms with Crippen molar-refractivity contribution >= 4 is 11.8 Å². The lowest BCUT2D eigenvalue weighted by Gasteiger charge is -2.08. The molecule has 0 heterocycles. The molecule has 1 aromatic rings. The largest absolute Gasteiger partial charge is 0.493 e. The van der Waals surface area contributed by atoms with E-state index >= 15 is 0 Å². The Morgan fingerprint density at radius 3 is 2.47 bits per heavy atom. The van der Waals surface area contributed by atoms with E-state index in [9.17, 15) is 10.1 Å². The molecule has 0 radical (unpaired) electrons. The third-order valence-electron chi connectivity index (χ3n) is 1.91. The lowest BCUT2D eigenvalue weighted by molar-refractivity contribution is -0.385. The molecule has 5 nitrogen and oxygen atoms in total. The van der Waals surface area contributed by atoms with Gasteiger partial charge in [0.25, 0.3) is 0 Å². The molecule has 0 spiro atoms. The van der Waals surface area contributed by atoms with Gasteiger partial charge in [-0.1, -0.05) is 12.7 Å². The summed E-state index contributed by atoms with van der Waals surface area (Å²) in [6.07, 6.45) is 1.51. The number of ether oxygens (including phenoxy) is 2.